The number of hydrogen-bond acceptors (Lipinski definition) is 2. The zero-order valence-electron chi connectivity index (χ0n) is 15.9. The van der Waals surface area contributed by atoms with E-state index in [1.54, 1.807) is 6.07 Å². The lowest BCUT2D eigenvalue weighted by Crippen LogP contribution is -2.18. The number of hydrazone groups is 1. The molecule has 0 aliphatic carbocycles. The van der Waals surface area contributed by atoms with Crippen molar-refractivity contribution in [1.29, 1.82) is 0 Å². The number of nitrogens with one attached hydrogen (secondary N) is 1. The molecule has 1 aromatic heterocycles. The molecule has 0 bridgehead atoms. The number of benzene rings is 3. The van der Waals surface area contributed by atoms with Crippen LogP contribution in [0.3, 0.4) is 0 Å². The Morgan fingerprint density at radius 3 is 2.45 bits per heavy atom. The van der Waals surface area contributed by atoms with Crippen molar-refractivity contribution in [3.63, 3.8) is 0 Å². The van der Waals surface area contributed by atoms with E-state index in [2.05, 4.69) is 59.4 Å². The Hall–Kier alpha value is -2.75. The van der Waals surface area contributed by atoms with Crippen LogP contribution in [0, 0.1) is 6.92 Å². The maximum absolute atomic E-state index is 6.31. The van der Waals surface area contributed by atoms with Gasteiger partial charge in [-0.1, -0.05) is 59.1 Å². The lowest BCUT2D eigenvalue weighted by molar-refractivity contribution is 0.709. The van der Waals surface area contributed by atoms with Crippen molar-refractivity contribution in [2.45, 2.75) is 19.4 Å². The molecule has 3 aromatic carbocycles. The van der Waals surface area contributed by atoms with Crippen LogP contribution in [-0.2, 0) is 0 Å². The molecule has 2 heterocycles. The molecule has 1 N–H and O–H groups in total. The van der Waals surface area contributed by atoms with Crippen LogP contribution in [0.15, 0.2) is 78.0 Å². The van der Waals surface area contributed by atoms with E-state index in [0.717, 1.165) is 34.5 Å². The SMILES string of the molecule is Cc1ccc(N2N=C(c3c[nH]c4ccccc34)CC2c2cc(Cl)cc(Cl)c2)cc1. The fourth-order valence-corrected chi connectivity index (χ4v) is 4.49. The minimum Gasteiger partial charge on any atom is -0.360 e. The lowest BCUT2D eigenvalue weighted by Gasteiger charge is -2.24. The molecule has 1 aliphatic heterocycles. The number of aromatic nitrogens is 1. The highest BCUT2D eigenvalue weighted by molar-refractivity contribution is 6.34. The Bertz CT molecular complexity index is 1200. The van der Waals surface area contributed by atoms with Crippen LogP contribution in [0.25, 0.3) is 10.9 Å². The summed E-state index contributed by atoms with van der Waals surface area (Å²) < 4.78 is 0. The Morgan fingerprint density at radius 1 is 0.966 bits per heavy atom. The van der Waals surface area contributed by atoms with Gasteiger partial charge in [-0.05, 0) is 48.9 Å². The molecule has 29 heavy (non-hydrogen) atoms. The average Bonchev–Trinajstić information content (AvgIpc) is 3.32. The van der Waals surface area contributed by atoms with Gasteiger partial charge in [0.15, 0.2) is 0 Å². The number of rotatable bonds is 3. The molecule has 4 aromatic rings. The number of halogens is 2. The lowest BCUT2D eigenvalue weighted by atomic mass is 9.98. The van der Waals surface area contributed by atoms with Crippen LogP contribution in [0.4, 0.5) is 5.69 Å². The van der Waals surface area contributed by atoms with Gasteiger partial charge in [0.1, 0.15) is 0 Å². The van der Waals surface area contributed by atoms with Crippen LogP contribution < -0.4 is 5.01 Å². The van der Waals surface area contributed by atoms with Crippen molar-refractivity contribution in [2.75, 3.05) is 5.01 Å². The Kier molecular flexibility index (Phi) is 4.57. The summed E-state index contributed by atoms with van der Waals surface area (Å²) in [5, 5.41) is 9.58. The van der Waals surface area contributed by atoms with E-state index in [1.165, 1.54) is 10.9 Å². The molecule has 0 spiro atoms. The third-order valence-corrected chi connectivity index (χ3v) is 5.82. The maximum atomic E-state index is 6.31. The third kappa shape index (κ3) is 3.41. The van der Waals surface area contributed by atoms with E-state index < -0.39 is 0 Å². The van der Waals surface area contributed by atoms with E-state index >= 15 is 0 Å². The predicted octanol–water partition coefficient (Wildman–Crippen LogP) is 7.14. The van der Waals surface area contributed by atoms with Crippen LogP contribution in [0.2, 0.25) is 10.0 Å². The molecular formula is C24H19Cl2N3. The van der Waals surface area contributed by atoms with E-state index in [4.69, 9.17) is 28.3 Å². The van der Waals surface area contributed by atoms with Gasteiger partial charge >= 0.3 is 0 Å². The van der Waals surface area contributed by atoms with Gasteiger partial charge in [-0.2, -0.15) is 5.10 Å². The number of para-hydroxylation sites is 1. The molecule has 0 saturated heterocycles. The number of H-pyrrole nitrogens is 1. The Morgan fingerprint density at radius 2 is 1.69 bits per heavy atom. The zero-order valence-corrected chi connectivity index (χ0v) is 17.4. The molecule has 1 atom stereocenters. The van der Waals surface area contributed by atoms with Gasteiger partial charge in [-0.15, -0.1) is 0 Å². The van der Waals surface area contributed by atoms with Gasteiger partial charge in [0, 0.05) is 39.1 Å². The first-order valence-electron chi connectivity index (χ1n) is 9.54. The van der Waals surface area contributed by atoms with E-state index in [0.29, 0.717) is 10.0 Å². The molecule has 0 saturated carbocycles. The molecule has 144 valence electrons. The summed E-state index contributed by atoms with van der Waals surface area (Å²) in [6, 6.07) is 22.5. The van der Waals surface area contributed by atoms with Crippen LogP contribution in [0.5, 0.6) is 0 Å². The normalized spacial score (nSPS) is 16.4. The van der Waals surface area contributed by atoms with Crippen molar-refractivity contribution in [3.05, 3.63) is 99.7 Å². The van der Waals surface area contributed by atoms with E-state index in [1.807, 2.05) is 24.4 Å². The first-order chi connectivity index (χ1) is 14.1. The number of aryl methyl sites for hydroxylation is 1. The van der Waals surface area contributed by atoms with Crippen molar-refractivity contribution < 1.29 is 0 Å². The van der Waals surface area contributed by atoms with E-state index in [9.17, 15) is 0 Å². The largest absolute Gasteiger partial charge is 0.360 e. The molecule has 1 aliphatic rings. The minimum absolute atomic E-state index is 0.0255. The van der Waals surface area contributed by atoms with Crippen molar-refractivity contribution in [2.24, 2.45) is 5.10 Å². The second-order valence-corrected chi connectivity index (χ2v) is 8.27. The fraction of sp³-hybridized carbons (Fsp3) is 0.125. The molecular weight excluding hydrogens is 401 g/mol. The number of anilines is 1. The van der Waals surface area contributed by atoms with Gasteiger partial charge in [0.05, 0.1) is 17.4 Å². The molecule has 3 nitrogen and oxygen atoms in total. The highest BCUT2D eigenvalue weighted by atomic mass is 35.5. The number of nitrogens with zero attached hydrogens (tertiary/aromatic N) is 2. The first-order valence-corrected chi connectivity index (χ1v) is 10.3. The molecule has 5 rings (SSSR count). The van der Waals surface area contributed by atoms with Crippen molar-refractivity contribution in [1.82, 2.24) is 4.98 Å². The number of fused-ring (bicyclic) bond motifs is 1. The summed E-state index contributed by atoms with van der Waals surface area (Å²) in [5.41, 5.74) is 6.61. The highest BCUT2D eigenvalue weighted by Gasteiger charge is 2.31. The molecule has 0 amide bonds. The summed E-state index contributed by atoms with van der Waals surface area (Å²) in [6.45, 7) is 2.09. The minimum atomic E-state index is 0.0255. The maximum Gasteiger partial charge on any atom is 0.0832 e. The first kappa shape index (κ1) is 18.3. The Labute approximate surface area is 179 Å². The monoisotopic (exact) mass is 419 g/mol. The fourth-order valence-electron chi connectivity index (χ4n) is 3.95. The van der Waals surface area contributed by atoms with Gasteiger partial charge in [-0.25, -0.2) is 0 Å². The number of aromatic amines is 1. The van der Waals surface area contributed by atoms with Crippen LogP contribution in [0.1, 0.15) is 29.2 Å². The zero-order chi connectivity index (χ0) is 20.0. The van der Waals surface area contributed by atoms with Gasteiger partial charge in [0.2, 0.25) is 0 Å². The molecule has 5 heteroatoms. The summed E-state index contributed by atoms with van der Waals surface area (Å²) in [4.78, 5) is 3.36. The third-order valence-electron chi connectivity index (χ3n) is 5.38. The second-order valence-electron chi connectivity index (χ2n) is 7.40. The molecule has 0 fully saturated rings. The average molecular weight is 420 g/mol. The summed E-state index contributed by atoms with van der Waals surface area (Å²) in [6.07, 6.45) is 2.82. The highest BCUT2D eigenvalue weighted by Crippen LogP contribution is 2.39. The van der Waals surface area contributed by atoms with Crippen molar-refractivity contribution in [3.8, 4) is 0 Å². The topological polar surface area (TPSA) is 31.4 Å². The molecule has 0 radical (unpaired) electrons. The van der Waals surface area contributed by atoms with Gasteiger partial charge in [0.25, 0.3) is 0 Å². The summed E-state index contributed by atoms with van der Waals surface area (Å²) >= 11 is 12.6. The molecule has 1 unspecified atom stereocenters. The summed E-state index contributed by atoms with van der Waals surface area (Å²) in [5.74, 6) is 0. The van der Waals surface area contributed by atoms with Crippen LogP contribution >= 0.6 is 23.2 Å². The summed E-state index contributed by atoms with van der Waals surface area (Å²) in [7, 11) is 0. The predicted molar refractivity (Wildman–Crippen MR) is 122 cm³/mol. The van der Waals surface area contributed by atoms with Crippen molar-refractivity contribution >= 4 is 45.5 Å². The smallest absolute Gasteiger partial charge is 0.0832 e. The van der Waals surface area contributed by atoms with E-state index in [-0.39, 0.29) is 6.04 Å². The number of hydrogen-bond donors (Lipinski definition) is 1. The van der Waals surface area contributed by atoms with Gasteiger partial charge in [-0.3, -0.25) is 5.01 Å². The standard InChI is InChI=1S/C24H19Cl2N3/c1-15-6-8-19(9-7-15)29-24(16-10-17(25)12-18(26)11-16)13-23(28-29)21-14-27-22-5-3-2-4-20(21)22/h2-12,14,24,27H,13H2,1H3. The second kappa shape index (κ2) is 7.25. The van der Waals surface area contributed by atoms with Gasteiger partial charge < -0.3 is 4.98 Å². The van der Waals surface area contributed by atoms with Crippen LogP contribution in [-0.4, -0.2) is 10.7 Å². The Balaban J connectivity index is 1.62. The quantitative estimate of drug-likeness (QED) is 0.375.